The lowest BCUT2D eigenvalue weighted by Gasteiger charge is -2.17. The topological polar surface area (TPSA) is 85.9 Å². The fourth-order valence-electron chi connectivity index (χ4n) is 2.14. The lowest BCUT2D eigenvalue weighted by molar-refractivity contribution is -0.127. The predicted octanol–water partition coefficient (Wildman–Crippen LogP) is 3.15. The van der Waals surface area contributed by atoms with Gasteiger partial charge in [-0.3, -0.25) is 4.79 Å². The molecule has 23 heavy (non-hydrogen) atoms. The van der Waals surface area contributed by atoms with Crippen molar-refractivity contribution in [1.29, 1.82) is 10.5 Å². The number of ether oxygens (including phenoxy) is 1. The summed E-state index contributed by atoms with van der Waals surface area (Å²) in [5, 5.41) is 20.7. The second kappa shape index (κ2) is 7.74. The Morgan fingerprint density at radius 2 is 1.83 bits per heavy atom. The van der Waals surface area contributed by atoms with Crippen molar-refractivity contribution < 1.29 is 9.53 Å². The van der Waals surface area contributed by atoms with E-state index < -0.39 is 6.10 Å². The first-order chi connectivity index (χ1) is 11.2. The van der Waals surface area contributed by atoms with Crippen molar-refractivity contribution >= 4 is 11.6 Å². The summed E-state index contributed by atoms with van der Waals surface area (Å²) in [6, 6.07) is 17.6. The SMILES string of the molecule is CCO[C@@H](C(=O)Nc1ccc(C#N)c(C#N)c1)c1ccccc1. The van der Waals surface area contributed by atoms with Crippen LogP contribution in [0, 0.1) is 22.7 Å². The molecule has 2 aromatic carbocycles. The maximum atomic E-state index is 12.5. The maximum absolute atomic E-state index is 12.5. The molecular formula is C18H15N3O2. The third-order valence-electron chi connectivity index (χ3n) is 3.20. The summed E-state index contributed by atoms with van der Waals surface area (Å²) in [7, 11) is 0. The first-order valence-corrected chi connectivity index (χ1v) is 7.11. The van der Waals surface area contributed by atoms with Crippen LogP contribution in [0.4, 0.5) is 5.69 Å². The zero-order chi connectivity index (χ0) is 16.7. The smallest absolute Gasteiger partial charge is 0.258 e. The van der Waals surface area contributed by atoms with Gasteiger partial charge in [0.1, 0.15) is 12.1 Å². The van der Waals surface area contributed by atoms with Crippen molar-refractivity contribution in [3.8, 4) is 12.1 Å². The third-order valence-corrected chi connectivity index (χ3v) is 3.20. The van der Waals surface area contributed by atoms with Crippen LogP contribution in [-0.4, -0.2) is 12.5 Å². The van der Waals surface area contributed by atoms with Gasteiger partial charge >= 0.3 is 0 Å². The number of hydrogen-bond donors (Lipinski definition) is 1. The van der Waals surface area contributed by atoms with Crippen LogP contribution in [0.5, 0.6) is 0 Å². The quantitative estimate of drug-likeness (QED) is 0.919. The van der Waals surface area contributed by atoms with Gasteiger partial charge in [-0.25, -0.2) is 0 Å². The zero-order valence-electron chi connectivity index (χ0n) is 12.6. The second-order valence-corrected chi connectivity index (χ2v) is 4.72. The van der Waals surface area contributed by atoms with Crippen LogP contribution in [0.15, 0.2) is 48.5 Å². The molecular weight excluding hydrogens is 290 g/mol. The van der Waals surface area contributed by atoms with E-state index in [4.69, 9.17) is 15.3 Å². The molecule has 5 heteroatoms. The summed E-state index contributed by atoms with van der Waals surface area (Å²) in [4.78, 5) is 12.5. The van der Waals surface area contributed by atoms with Crippen LogP contribution in [0.25, 0.3) is 0 Å². The monoisotopic (exact) mass is 305 g/mol. The number of amides is 1. The highest BCUT2D eigenvalue weighted by molar-refractivity contribution is 5.95. The Balaban J connectivity index is 2.23. The number of nitrogens with zero attached hydrogens (tertiary/aromatic N) is 2. The number of nitrogens with one attached hydrogen (secondary N) is 1. The molecule has 2 rings (SSSR count). The molecule has 0 saturated carbocycles. The molecule has 0 fully saturated rings. The molecule has 0 spiro atoms. The van der Waals surface area contributed by atoms with Crippen molar-refractivity contribution in [2.45, 2.75) is 13.0 Å². The lowest BCUT2D eigenvalue weighted by Crippen LogP contribution is -2.23. The third kappa shape index (κ3) is 3.94. The molecule has 0 bridgehead atoms. The lowest BCUT2D eigenvalue weighted by atomic mass is 10.1. The van der Waals surface area contributed by atoms with Gasteiger partial charge < -0.3 is 10.1 Å². The van der Waals surface area contributed by atoms with E-state index in [1.54, 1.807) is 6.07 Å². The molecule has 0 aliphatic rings. The first kappa shape index (κ1) is 16.2. The van der Waals surface area contributed by atoms with Gasteiger partial charge in [0.05, 0.1) is 11.1 Å². The van der Waals surface area contributed by atoms with Crippen LogP contribution >= 0.6 is 0 Å². The highest BCUT2D eigenvalue weighted by Crippen LogP contribution is 2.21. The molecule has 1 N–H and O–H groups in total. The Hall–Kier alpha value is -3.15. The summed E-state index contributed by atoms with van der Waals surface area (Å²) in [5.74, 6) is -0.327. The zero-order valence-corrected chi connectivity index (χ0v) is 12.6. The van der Waals surface area contributed by atoms with Gasteiger partial charge in [-0.15, -0.1) is 0 Å². The van der Waals surface area contributed by atoms with Crippen LogP contribution in [0.3, 0.4) is 0 Å². The second-order valence-electron chi connectivity index (χ2n) is 4.72. The number of anilines is 1. The molecule has 1 amide bonds. The van der Waals surface area contributed by atoms with E-state index in [2.05, 4.69) is 5.32 Å². The van der Waals surface area contributed by atoms with Crippen LogP contribution in [-0.2, 0) is 9.53 Å². The van der Waals surface area contributed by atoms with Gasteiger partial charge in [-0.2, -0.15) is 10.5 Å². The Kier molecular flexibility index (Phi) is 5.46. The van der Waals surface area contributed by atoms with Crippen LogP contribution in [0.2, 0.25) is 0 Å². The molecule has 2 aromatic rings. The van der Waals surface area contributed by atoms with Crippen molar-refractivity contribution in [3.05, 3.63) is 65.2 Å². The van der Waals surface area contributed by atoms with Gasteiger partial charge in [-0.1, -0.05) is 30.3 Å². The molecule has 0 aliphatic heterocycles. The van der Waals surface area contributed by atoms with Gasteiger partial charge in [-0.05, 0) is 30.7 Å². The molecule has 0 radical (unpaired) electrons. The number of hydrogen-bond acceptors (Lipinski definition) is 4. The van der Waals surface area contributed by atoms with Gasteiger partial charge in [0.2, 0.25) is 0 Å². The Morgan fingerprint density at radius 1 is 1.13 bits per heavy atom. The minimum atomic E-state index is -0.734. The van der Waals surface area contributed by atoms with E-state index in [0.717, 1.165) is 5.56 Å². The molecule has 0 unspecified atom stereocenters. The maximum Gasteiger partial charge on any atom is 0.258 e. The Labute approximate surface area is 134 Å². The van der Waals surface area contributed by atoms with E-state index in [-0.39, 0.29) is 17.0 Å². The van der Waals surface area contributed by atoms with Crippen molar-refractivity contribution in [2.75, 3.05) is 11.9 Å². The van der Waals surface area contributed by atoms with E-state index in [9.17, 15) is 4.79 Å². The van der Waals surface area contributed by atoms with Crippen molar-refractivity contribution in [3.63, 3.8) is 0 Å². The summed E-state index contributed by atoms with van der Waals surface area (Å²) in [6.45, 7) is 2.21. The Bertz CT molecular complexity index is 773. The highest BCUT2D eigenvalue weighted by atomic mass is 16.5. The minimum absolute atomic E-state index is 0.220. The molecule has 1 atom stereocenters. The van der Waals surface area contributed by atoms with Crippen molar-refractivity contribution in [2.24, 2.45) is 0 Å². The Morgan fingerprint density at radius 3 is 2.43 bits per heavy atom. The van der Waals surface area contributed by atoms with E-state index in [1.165, 1.54) is 12.1 Å². The van der Waals surface area contributed by atoms with E-state index in [1.807, 2.05) is 49.4 Å². The van der Waals surface area contributed by atoms with Crippen molar-refractivity contribution in [1.82, 2.24) is 0 Å². The summed E-state index contributed by atoms with van der Waals surface area (Å²) in [6.07, 6.45) is -0.734. The number of rotatable bonds is 5. The number of nitriles is 2. The average Bonchev–Trinajstić information content (AvgIpc) is 2.60. The normalized spacial score (nSPS) is 11.1. The standard InChI is InChI=1S/C18H15N3O2/c1-2-23-17(13-6-4-3-5-7-13)18(22)21-16-9-8-14(11-19)15(10-16)12-20/h3-10,17H,2H2,1H3,(H,21,22)/t17-/m1/s1. The molecule has 0 aromatic heterocycles. The molecule has 0 aliphatic carbocycles. The fraction of sp³-hybridized carbons (Fsp3) is 0.167. The number of carbonyl (C=O) groups is 1. The molecule has 0 saturated heterocycles. The van der Waals surface area contributed by atoms with Crippen LogP contribution < -0.4 is 5.32 Å². The summed E-state index contributed by atoms with van der Waals surface area (Å²) < 4.78 is 5.53. The van der Waals surface area contributed by atoms with E-state index in [0.29, 0.717) is 12.3 Å². The van der Waals surface area contributed by atoms with Gasteiger partial charge in [0, 0.05) is 12.3 Å². The fourth-order valence-corrected chi connectivity index (χ4v) is 2.14. The predicted molar refractivity (Wildman–Crippen MR) is 85.3 cm³/mol. The summed E-state index contributed by atoms with van der Waals surface area (Å²) >= 11 is 0. The van der Waals surface area contributed by atoms with Crippen LogP contribution in [0.1, 0.15) is 29.7 Å². The highest BCUT2D eigenvalue weighted by Gasteiger charge is 2.21. The minimum Gasteiger partial charge on any atom is -0.364 e. The number of carbonyl (C=O) groups excluding carboxylic acids is 1. The molecule has 5 nitrogen and oxygen atoms in total. The molecule has 0 heterocycles. The largest absolute Gasteiger partial charge is 0.364 e. The van der Waals surface area contributed by atoms with Gasteiger partial charge in [0.15, 0.2) is 6.10 Å². The number of benzene rings is 2. The van der Waals surface area contributed by atoms with E-state index >= 15 is 0 Å². The molecule has 114 valence electrons. The first-order valence-electron chi connectivity index (χ1n) is 7.11. The van der Waals surface area contributed by atoms with Gasteiger partial charge in [0.25, 0.3) is 5.91 Å². The average molecular weight is 305 g/mol. The summed E-state index contributed by atoms with van der Waals surface area (Å²) in [5.41, 5.74) is 1.69.